The number of anilines is 1. The monoisotopic (exact) mass is 480 g/mol. The highest BCUT2D eigenvalue weighted by molar-refractivity contribution is 7.89. The Morgan fingerprint density at radius 2 is 1.75 bits per heavy atom. The zero-order chi connectivity index (χ0) is 23.3. The molecule has 0 aromatic heterocycles. The van der Waals surface area contributed by atoms with Gasteiger partial charge in [-0.3, -0.25) is 4.79 Å². The molecule has 32 heavy (non-hydrogen) atoms. The third-order valence-corrected chi connectivity index (χ3v) is 6.23. The molecule has 3 aromatic rings. The Kier molecular flexibility index (Phi) is 7.44. The van der Waals surface area contributed by atoms with Crippen molar-refractivity contribution < 1.29 is 26.7 Å². The molecule has 0 fully saturated rings. The molecule has 10 heteroatoms. The van der Waals surface area contributed by atoms with E-state index in [1.807, 2.05) is 0 Å². The molecule has 2 N–H and O–H groups in total. The normalized spacial score (nSPS) is 12.2. The van der Waals surface area contributed by atoms with Gasteiger partial charge in [0.25, 0.3) is 0 Å². The van der Waals surface area contributed by atoms with Crippen molar-refractivity contribution in [1.29, 1.82) is 0 Å². The highest BCUT2D eigenvalue weighted by atomic mass is 35.5. The topological polar surface area (TPSA) is 84.5 Å². The summed E-state index contributed by atoms with van der Waals surface area (Å²) in [4.78, 5) is 12.7. The molecular formula is C22H19ClF2N2O4S. The van der Waals surface area contributed by atoms with E-state index < -0.39 is 33.6 Å². The third kappa shape index (κ3) is 5.82. The maximum absolute atomic E-state index is 13.5. The summed E-state index contributed by atoms with van der Waals surface area (Å²) in [6.45, 7) is 0. The number of amides is 1. The first kappa shape index (κ1) is 23.6. The molecule has 0 spiro atoms. The minimum Gasteiger partial charge on any atom is -0.495 e. The zero-order valence-electron chi connectivity index (χ0n) is 16.8. The lowest BCUT2D eigenvalue weighted by Gasteiger charge is -2.20. The Morgan fingerprint density at radius 3 is 2.41 bits per heavy atom. The molecule has 0 aliphatic rings. The first-order valence-electron chi connectivity index (χ1n) is 9.35. The number of hydrogen-bond acceptors (Lipinski definition) is 4. The summed E-state index contributed by atoms with van der Waals surface area (Å²) in [5.74, 6) is -2.94. The van der Waals surface area contributed by atoms with Gasteiger partial charge in [-0.05, 0) is 42.3 Å². The third-order valence-electron chi connectivity index (χ3n) is 4.50. The molecule has 0 heterocycles. The van der Waals surface area contributed by atoms with Crippen LogP contribution in [0.3, 0.4) is 0 Å². The minimum absolute atomic E-state index is 0.00153. The van der Waals surface area contributed by atoms with Gasteiger partial charge in [0, 0.05) is 16.8 Å². The van der Waals surface area contributed by atoms with Crippen LogP contribution >= 0.6 is 11.6 Å². The average Bonchev–Trinajstić information content (AvgIpc) is 2.76. The van der Waals surface area contributed by atoms with Crippen molar-refractivity contribution in [3.63, 3.8) is 0 Å². The maximum atomic E-state index is 13.5. The van der Waals surface area contributed by atoms with E-state index >= 15 is 0 Å². The lowest BCUT2D eigenvalue weighted by molar-refractivity contribution is -0.117. The molecule has 0 saturated heterocycles. The molecule has 0 aliphatic heterocycles. The molecule has 0 aliphatic carbocycles. The van der Waals surface area contributed by atoms with Gasteiger partial charge < -0.3 is 10.1 Å². The predicted molar refractivity (Wildman–Crippen MR) is 117 cm³/mol. The van der Waals surface area contributed by atoms with Crippen LogP contribution in [0.5, 0.6) is 5.75 Å². The van der Waals surface area contributed by atoms with Crippen molar-refractivity contribution in [1.82, 2.24) is 4.72 Å². The number of methoxy groups -OCH3 is 1. The second-order valence-electron chi connectivity index (χ2n) is 6.78. The number of carbonyl (C=O) groups is 1. The van der Waals surface area contributed by atoms with Crippen molar-refractivity contribution in [2.75, 3.05) is 12.4 Å². The van der Waals surface area contributed by atoms with Crippen molar-refractivity contribution in [3.05, 3.63) is 89.0 Å². The van der Waals surface area contributed by atoms with Crippen LogP contribution < -0.4 is 14.8 Å². The lowest BCUT2D eigenvalue weighted by atomic mass is 10.1. The smallest absolute Gasteiger partial charge is 0.245 e. The molecule has 1 amide bonds. The Morgan fingerprint density at radius 1 is 1.03 bits per heavy atom. The second-order valence-corrected chi connectivity index (χ2v) is 8.90. The number of ether oxygens (including phenoxy) is 1. The number of nitrogens with one attached hydrogen (secondary N) is 2. The van der Waals surface area contributed by atoms with E-state index in [0.717, 1.165) is 12.1 Å². The average molecular weight is 481 g/mol. The van der Waals surface area contributed by atoms with E-state index in [4.69, 9.17) is 16.3 Å². The summed E-state index contributed by atoms with van der Waals surface area (Å²) < 4.78 is 60.4. The van der Waals surface area contributed by atoms with E-state index in [2.05, 4.69) is 10.0 Å². The minimum atomic E-state index is -4.25. The van der Waals surface area contributed by atoms with Crippen LogP contribution in [0.4, 0.5) is 14.5 Å². The molecular weight excluding hydrogens is 462 g/mol. The van der Waals surface area contributed by atoms with Gasteiger partial charge in [0.05, 0.1) is 7.11 Å². The number of rotatable bonds is 8. The fourth-order valence-corrected chi connectivity index (χ4v) is 4.58. The van der Waals surface area contributed by atoms with Gasteiger partial charge in [0.1, 0.15) is 16.7 Å². The van der Waals surface area contributed by atoms with Crippen molar-refractivity contribution in [2.45, 2.75) is 17.4 Å². The lowest BCUT2D eigenvalue weighted by Crippen LogP contribution is -2.45. The summed E-state index contributed by atoms with van der Waals surface area (Å²) in [5, 5.41) is 2.58. The Labute approximate surface area is 189 Å². The van der Waals surface area contributed by atoms with Gasteiger partial charge in [0.15, 0.2) is 11.6 Å². The quantitative estimate of drug-likeness (QED) is 0.507. The number of hydrogen-bond donors (Lipinski definition) is 2. The van der Waals surface area contributed by atoms with Gasteiger partial charge in [-0.15, -0.1) is 0 Å². The molecule has 3 rings (SSSR count). The van der Waals surface area contributed by atoms with Crippen molar-refractivity contribution in [3.8, 4) is 5.75 Å². The molecule has 1 atom stereocenters. The molecule has 168 valence electrons. The van der Waals surface area contributed by atoms with Crippen molar-refractivity contribution >= 4 is 33.2 Å². The number of benzene rings is 3. The van der Waals surface area contributed by atoms with Gasteiger partial charge in [0.2, 0.25) is 15.9 Å². The summed E-state index contributed by atoms with van der Waals surface area (Å²) in [5.41, 5.74) is 0.658. The maximum Gasteiger partial charge on any atom is 0.245 e. The standard InChI is InChI=1S/C22H19ClF2N2O4S/c1-31-20-10-7-15(23)12-21(20)32(29,30)27-19(11-14-5-3-2-4-6-14)22(28)26-16-8-9-17(24)18(25)13-16/h2-10,12-13,19,27H,11H2,1H3,(H,26,28)/t19-/m1/s1. The first-order chi connectivity index (χ1) is 15.2. The summed E-state index contributed by atoms with van der Waals surface area (Å²) >= 11 is 5.95. The van der Waals surface area contributed by atoms with Crippen LogP contribution in [0.15, 0.2) is 71.6 Å². The largest absolute Gasteiger partial charge is 0.495 e. The van der Waals surface area contributed by atoms with Crippen LogP contribution in [0, 0.1) is 11.6 Å². The fraction of sp³-hybridized carbons (Fsp3) is 0.136. The molecule has 0 bridgehead atoms. The molecule has 0 radical (unpaired) electrons. The van der Waals surface area contributed by atoms with E-state index in [1.54, 1.807) is 30.3 Å². The summed E-state index contributed by atoms with van der Waals surface area (Å²) in [6, 6.07) is 14.3. The number of sulfonamides is 1. The van der Waals surface area contributed by atoms with E-state index in [-0.39, 0.29) is 27.8 Å². The second kappa shape index (κ2) is 10.1. The highest BCUT2D eigenvalue weighted by Gasteiger charge is 2.28. The van der Waals surface area contributed by atoms with E-state index in [1.165, 1.54) is 31.4 Å². The molecule has 0 saturated carbocycles. The highest BCUT2D eigenvalue weighted by Crippen LogP contribution is 2.27. The first-order valence-corrected chi connectivity index (χ1v) is 11.2. The van der Waals surface area contributed by atoms with Crippen LogP contribution in [-0.4, -0.2) is 27.5 Å². The van der Waals surface area contributed by atoms with Crippen LogP contribution in [0.2, 0.25) is 5.02 Å². The summed E-state index contributed by atoms with van der Waals surface area (Å²) in [7, 11) is -2.95. The Balaban J connectivity index is 1.92. The fourth-order valence-electron chi connectivity index (χ4n) is 2.95. The Hall–Kier alpha value is -3.01. The van der Waals surface area contributed by atoms with Gasteiger partial charge in [-0.2, -0.15) is 4.72 Å². The molecule has 0 unspecified atom stereocenters. The van der Waals surface area contributed by atoms with Gasteiger partial charge in [-0.25, -0.2) is 17.2 Å². The van der Waals surface area contributed by atoms with Gasteiger partial charge >= 0.3 is 0 Å². The number of carbonyl (C=O) groups excluding carboxylic acids is 1. The van der Waals surface area contributed by atoms with Crippen LogP contribution in [-0.2, 0) is 21.2 Å². The van der Waals surface area contributed by atoms with Crippen molar-refractivity contribution in [2.24, 2.45) is 0 Å². The van der Waals surface area contributed by atoms with Crippen LogP contribution in [0.25, 0.3) is 0 Å². The molecule has 3 aromatic carbocycles. The van der Waals surface area contributed by atoms with Crippen LogP contribution in [0.1, 0.15) is 5.56 Å². The predicted octanol–water partition coefficient (Wildman–Crippen LogP) is 4.16. The SMILES string of the molecule is COc1ccc(Cl)cc1S(=O)(=O)N[C@H](Cc1ccccc1)C(=O)Nc1ccc(F)c(F)c1. The number of halogens is 3. The summed E-state index contributed by atoms with van der Waals surface area (Å²) in [6.07, 6.45) is -0.00153. The van der Waals surface area contributed by atoms with Gasteiger partial charge in [-0.1, -0.05) is 41.9 Å². The molecule has 6 nitrogen and oxygen atoms in total. The Bertz CT molecular complexity index is 1220. The van der Waals surface area contributed by atoms with E-state index in [0.29, 0.717) is 5.56 Å². The zero-order valence-corrected chi connectivity index (χ0v) is 18.4. The van der Waals surface area contributed by atoms with E-state index in [9.17, 15) is 22.0 Å².